The third kappa shape index (κ3) is 3.67. The van der Waals surface area contributed by atoms with Crippen LogP contribution in [0.4, 0.5) is 5.69 Å². The minimum absolute atomic E-state index is 0.137. The maximum Gasteiger partial charge on any atom is 0.259 e. The maximum atomic E-state index is 12.6. The van der Waals surface area contributed by atoms with Gasteiger partial charge in [-0.2, -0.15) is 0 Å². The van der Waals surface area contributed by atoms with Crippen molar-refractivity contribution in [3.05, 3.63) is 58.7 Å². The predicted molar refractivity (Wildman–Crippen MR) is 90.8 cm³/mol. The number of hydrogen-bond acceptors (Lipinski definition) is 2. The van der Waals surface area contributed by atoms with E-state index in [1.165, 1.54) is 5.56 Å². The van der Waals surface area contributed by atoms with Crippen molar-refractivity contribution in [1.29, 1.82) is 0 Å². The molecule has 0 spiro atoms. The van der Waals surface area contributed by atoms with E-state index in [2.05, 4.69) is 24.4 Å². The summed E-state index contributed by atoms with van der Waals surface area (Å²) in [5.41, 5.74) is 4.77. The highest BCUT2D eigenvalue weighted by Crippen LogP contribution is 2.25. The molecule has 1 amide bonds. The summed E-state index contributed by atoms with van der Waals surface area (Å²) in [6.45, 7) is 8.72. The second kappa shape index (κ2) is 7.12. The topological polar surface area (TPSA) is 38.3 Å². The number of benzene rings is 2. The minimum atomic E-state index is -0.137. The summed E-state index contributed by atoms with van der Waals surface area (Å²) in [6.07, 6.45) is 0.909. The van der Waals surface area contributed by atoms with Crippen LogP contribution in [0.2, 0.25) is 0 Å². The third-order valence-corrected chi connectivity index (χ3v) is 3.51. The van der Waals surface area contributed by atoms with Crippen LogP contribution in [0, 0.1) is 20.8 Å². The van der Waals surface area contributed by atoms with Crippen LogP contribution in [-0.4, -0.2) is 12.5 Å². The molecule has 1 N–H and O–H groups in total. The summed E-state index contributed by atoms with van der Waals surface area (Å²) >= 11 is 0. The van der Waals surface area contributed by atoms with E-state index in [1.54, 1.807) is 6.07 Å². The van der Waals surface area contributed by atoms with Gasteiger partial charge in [0.05, 0.1) is 12.2 Å². The van der Waals surface area contributed by atoms with E-state index in [-0.39, 0.29) is 5.91 Å². The SMILES string of the molecule is CCCOc1ccccc1C(=O)Nc1c(C)cc(C)cc1C. The van der Waals surface area contributed by atoms with Crippen molar-refractivity contribution >= 4 is 11.6 Å². The molecule has 2 rings (SSSR count). The fourth-order valence-electron chi connectivity index (χ4n) is 2.55. The Labute approximate surface area is 132 Å². The van der Waals surface area contributed by atoms with Crippen molar-refractivity contribution in [2.45, 2.75) is 34.1 Å². The number of carbonyl (C=O) groups excluding carboxylic acids is 1. The summed E-state index contributed by atoms with van der Waals surface area (Å²) in [4.78, 5) is 12.6. The lowest BCUT2D eigenvalue weighted by Crippen LogP contribution is -2.15. The van der Waals surface area contributed by atoms with Gasteiger partial charge in [-0.15, -0.1) is 0 Å². The molecule has 0 radical (unpaired) electrons. The molecule has 0 aliphatic rings. The van der Waals surface area contributed by atoms with Gasteiger partial charge in [-0.25, -0.2) is 0 Å². The van der Waals surface area contributed by atoms with Crippen molar-refractivity contribution in [3.8, 4) is 5.75 Å². The van der Waals surface area contributed by atoms with Gasteiger partial charge < -0.3 is 10.1 Å². The number of para-hydroxylation sites is 1. The molecule has 0 unspecified atom stereocenters. The molecule has 2 aromatic rings. The number of nitrogens with one attached hydrogen (secondary N) is 1. The second-order valence-corrected chi connectivity index (χ2v) is 5.57. The number of hydrogen-bond donors (Lipinski definition) is 1. The third-order valence-electron chi connectivity index (χ3n) is 3.51. The Kier molecular flexibility index (Phi) is 5.21. The monoisotopic (exact) mass is 297 g/mol. The lowest BCUT2D eigenvalue weighted by Gasteiger charge is -2.15. The zero-order chi connectivity index (χ0) is 16.1. The lowest BCUT2D eigenvalue weighted by atomic mass is 10.0. The van der Waals surface area contributed by atoms with Gasteiger partial charge in [0, 0.05) is 5.69 Å². The van der Waals surface area contributed by atoms with Crippen LogP contribution in [0.3, 0.4) is 0 Å². The first-order valence-electron chi connectivity index (χ1n) is 7.64. The normalized spacial score (nSPS) is 10.4. The standard InChI is InChI=1S/C19H23NO2/c1-5-10-22-17-9-7-6-8-16(17)19(21)20-18-14(3)11-13(2)12-15(18)4/h6-9,11-12H,5,10H2,1-4H3,(H,20,21). The summed E-state index contributed by atoms with van der Waals surface area (Å²) < 4.78 is 5.66. The average molecular weight is 297 g/mol. The van der Waals surface area contributed by atoms with Crippen molar-refractivity contribution in [1.82, 2.24) is 0 Å². The van der Waals surface area contributed by atoms with E-state index in [9.17, 15) is 4.79 Å². The van der Waals surface area contributed by atoms with Crippen LogP contribution >= 0.6 is 0 Å². The fourth-order valence-corrected chi connectivity index (χ4v) is 2.55. The highest BCUT2D eigenvalue weighted by molar-refractivity contribution is 6.06. The molecule has 0 bridgehead atoms. The van der Waals surface area contributed by atoms with Gasteiger partial charge in [0.25, 0.3) is 5.91 Å². The molecule has 22 heavy (non-hydrogen) atoms. The first-order valence-corrected chi connectivity index (χ1v) is 7.64. The number of aryl methyl sites for hydroxylation is 3. The Morgan fingerprint density at radius 1 is 1.09 bits per heavy atom. The molecule has 0 aliphatic heterocycles. The van der Waals surface area contributed by atoms with Gasteiger partial charge in [-0.3, -0.25) is 4.79 Å². The van der Waals surface area contributed by atoms with Crippen LogP contribution in [0.25, 0.3) is 0 Å². The summed E-state index contributed by atoms with van der Waals surface area (Å²) in [5.74, 6) is 0.492. The number of amides is 1. The predicted octanol–water partition coefficient (Wildman–Crippen LogP) is 4.65. The lowest BCUT2D eigenvalue weighted by molar-refractivity contribution is 0.102. The van der Waals surface area contributed by atoms with Gasteiger partial charge in [0.2, 0.25) is 0 Å². The van der Waals surface area contributed by atoms with E-state index in [0.29, 0.717) is 17.9 Å². The van der Waals surface area contributed by atoms with Crippen molar-refractivity contribution in [2.75, 3.05) is 11.9 Å². The maximum absolute atomic E-state index is 12.6. The molecule has 2 aromatic carbocycles. The molecule has 0 atom stereocenters. The number of anilines is 1. The average Bonchev–Trinajstić information content (AvgIpc) is 2.48. The molecule has 0 aromatic heterocycles. The van der Waals surface area contributed by atoms with E-state index in [1.807, 2.05) is 39.0 Å². The second-order valence-electron chi connectivity index (χ2n) is 5.57. The molecule has 3 nitrogen and oxygen atoms in total. The van der Waals surface area contributed by atoms with E-state index in [4.69, 9.17) is 4.74 Å². The molecule has 0 saturated heterocycles. The molecule has 0 saturated carbocycles. The van der Waals surface area contributed by atoms with Crippen LogP contribution in [0.5, 0.6) is 5.75 Å². The molecule has 116 valence electrons. The molecule has 0 heterocycles. The Morgan fingerprint density at radius 3 is 2.36 bits per heavy atom. The summed E-state index contributed by atoms with van der Waals surface area (Å²) in [5, 5.41) is 3.02. The Balaban J connectivity index is 2.27. The van der Waals surface area contributed by atoms with Crippen LogP contribution in [0.15, 0.2) is 36.4 Å². The van der Waals surface area contributed by atoms with Gasteiger partial charge in [-0.1, -0.05) is 36.8 Å². The molecular weight excluding hydrogens is 274 g/mol. The fraction of sp³-hybridized carbons (Fsp3) is 0.316. The van der Waals surface area contributed by atoms with E-state index >= 15 is 0 Å². The zero-order valence-electron chi connectivity index (χ0n) is 13.7. The highest BCUT2D eigenvalue weighted by Gasteiger charge is 2.14. The van der Waals surface area contributed by atoms with Crippen molar-refractivity contribution in [3.63, 3.8) is 0 Å². The Bertz CT molecular complexity index is 654. The first-order chi connectivity index (χ1) is 10.5. The Morgan fingerprint density at radius 2 is 1.73 bits per heavy atom. The largest absolute Gasteiger partial charge is 0.493 e. The number of rotatable bonds is 5. The summed E-state index contributed by atoms with van der Waals surface area (Å²) in [6, 6.07) is 11.5. The minimum Gasteiger partial charge on any atom is -0.493 e. The Hall–Kier alpha value is -2.29. The smallest absolute Gasteiger partial charge is 0.259 e. The molecule has 0 fully saturated rings. The van der Waals surface area contributed by atoms with Crippen molar-refractivity contribution in [2.24, 2.45) is 0 Å². The van der Waals surface area contributed by atoms with Gasteiger partial charge >= 0.3 is 0 Å². The first kappa shape index (κ1) is 16.1. The van der Waals surface area contributed by atoms with Crippen LogP contribution in [0.1, 0.15) is 40.4 Å². The van der Waals surface area contributed by atoms with Crippen LogP contribution in [-0.2, 0) is 0 Å². The molecule has 3 heteroatoms. The van der Waals surface area contributed by atoms with Gasteiger partial charge in [-0.05, 0) is 50.5 Å². The quantitative estimate of drug-likeness (QED) is 0.872. The molecular formula is C19H23NO2. The van der Waals surface area contributed by atoms with E-state index in [0.717, 1.165) is 23.2 Å². The summed E-state index contributed by atoms with van der Waals surface area (Å²) in [7, 11) is 0. The van der Waals surface area contributed by atoms with Crippen LogP contribution < -0.4 is 10.1 Å². The molecule has 0 aliphatic carbocycles. The number of carbonyl (C=O) groups is 1. The van der Waals surface area contributed by atoms with Gasteiger partial charge in [0.15, 0.2) is 0 Å². The van der Waals surface area contributed by atoms with Crippen molar-refractivity contribution < 1.29 is 9.53 Å². The van der Waals surface area contributed by atoms with E-state index < -0.39 is 0 Å². The van der Waals surface area contributed by atoms with Gasteiger partial charge in [0.1, 0.15) is 5.75 Å². The highest BCUT2D eigenvalue weighted by atomic mass is 16.5. The number of ether oxygens (including phenoxy) is 1. The zero-order valence-corrected chi connectivity index (χ0v) is 13.7.